The van der Waals surface area contributed by atoms with Gasteiger partial charge in [-0.1, -0.05) is 30.3 Å². The van der Waals surface area contributed by atoms with Gasteiger partial charge in [-0.25, -0.2) is 4.79 Å². The number of nitrogens with zero attached hydrogens (tertiary/aromatic N) is 1. The van der Waals surface area contributed by atoms with Crippen molar-refractivity contribution in [1.29, 1.82) is 0 Å². The van der Waals surface area contributed by atoms with Gasteiger partial charge < -0.3 is 10.1 Å². The fourth-order valence-electron chi connectivity index (χ4n) is 2.58. The average molecular weight is 337 g/mol. The van der Waals surface area contributed by atoms with Crippen LogP contribution in [-0.4, -0.2) is 29.4 Å². The first kappa shape index (κ1) is 17.0. The largest absolute Gasteiger partial charge is 0.465 e. The van der Waals surface area contributed by atoms with E-state index >= 15 is 0 Å². The Labute approximate surface area is 139 Å². The van der Waals surface area contributed by atoms with E-state index in [4.69, 9.17) is 16.3 Å². The molecule has 1 fully saturated rings. The van der Waals surface area contributed by atoms with Crippen molar-refractivity contribution >= 4 is 29.5 Å². The smallest absolute Gasteiger partial charge is 0.328 e. The molecule has 0 bridgehead atoms. The molecule has 122 valence electrons. The van der Waals surface area contributed by atoms with Crippen molar-refractivity contribution in [3.05, 3.63) is 47.1 Å². The standard InChI is InChI=1S/C16H17ClN2O4/c1-4-23-15(21)13-9(2)18-16(22)19(10(3)20)14(13)11-5-7-12(17)8-6-11/h5-8,13-14H,2,4H2,1,3H3,(H,18,22). The van der Waals surface area contributed by atoms with Crippen LogP contribution in [0.2, 0.25) is 5.02 Å². The van der Waals surface area contributed by atoms with Gasteiger partial charge in [0.05, 0.1) is 12.6 Å². The summed E-state index contributed by atoms with van der Waals surface area (Å²) in [5.41, 5.74) is 0.796. The summed E-state index contributed by atoms with van der Waals surface area (Å²) >= 11 is 5.89. The maximum Gasteiger partial charge on any atom is 0.328 e. The molecule has 0 aromatic heterocycles. The SMILES string of the molecule is C=C1NC(=O)N(C(C)=O)C(c2ccc(Cl)cc2)C1C(=O)OCC. The van der Waals surface area contributed by atoms with Gasteiger partial charge in [0.2, 0.25) is 5.91 Å². The number of imide groups is 1. The van der Waals surface area contributed by atoms with Crippen molar-refractivity contribution < 1.29 is 19.1 Å². The fourth-order valence-corrected chi connectivity index (χ4v) is 2.71. The fraction of sp³-hybridized carbons (Fsp3) is 0.312. The number of halogens is 1. The van der Waals surface area contributed by atoms with Gasteiger partial charge in [0, 0.05) is 17.6 Å². The highest BCUT2D eigenvalue weighted by Crippen LogP contribution is 2.37. The van der Waals surface area contributed by atoms with Gasteiger partial charge in [-0.3, -0.25) is 14.5 Å². The van der Waals surface area contributed by atoms with Crippen molar-refractivity contribution in [2.45, 2.75) is 19.9 Å². The lowest BCUT2D eigenvalue weighted by Gasteiger charge is -2.39. The van der Waals surface area contributed by atoms with E-state index in [1.165, 1.54) is 6.92 Å². The van der Waals surface area contributed by atoms with Crippen LogP contribution in [0.25, 0.3) is 0 Å². The molecule has 2 rings (SSSR count). The minimum Gasteiger partial charge on any atom is -0.465 e. The molecule has 7 heteroatoms. The highest BCUT2D eigenvalue weighted by Gasteiger charge is 2.45. The highest BCUT2D eigenvalue weighted by molar-refractivity contribution is 6.30. The number of rotatable bonds is 3. The topological polar surface area (TPSA) is 75.7 Å². The van der Waals surface area contributed by atoms with Gasteiger partial charge in [0.1, 0.15) is 5.92 Å². The van der Waals surface area contributed by atoms with Gasteiger partial charge in [-0.05, 0) is 24.6 Å². The number of hydrogen-bond acceptors (Lipinski definition) is 4. The Bertz CT molecular complexity index is 657. The maximum absolute atomic E-state index is 12.3. The molecule has 1 aliphatic rings. The van der Waals surface area contributed by atoms with Crippen molar-refractivity contribution in [3.63, 3.8) is 0 Å². The Kier molecular flexibility index (Phi) is 5.05. The number of urea groups is 1. The molecule has 3 amide bonds. The van der Waals surface area contributed by atoms with Crippen LogP contribution >= 0.6 is 11.6 Å². The van der Waals surface area contributed by atoms with Gasteiger partial charge in [0.25, 0.3) is 0 Å². The third kappa shape index (κ3) is 3.37. The van der Waals surface area contributed by atoms with E-state index in [9.17, 15) is 14.4 Å². The van der Waals surface area contributed by atoms with Crippen LogP contribution in [0.4, 0.5) is 4.79 Å². The number of ether oxygens (including phenoxy) is 1. The summed E-state index contributed by atoms with van der Waals surface area (Å²) in [5, 5.41) is 2.97. The summed E-state index contributed by atoms with van der Waals surface area (Å²) < 4.78 is 5.08. The third-order valence-electron chi connectivity index (χ3n) is 3.55. The summed E-state index contributed by atoms with van der Waals surface area (Å²) in [6.07, 6.45) is 0. The Hall–Kier alpha value is -2.34. The lowest BCUT2D eigenvalue weighted by Crippen LogP contribution is -2.55. The number of benzene rings is 1. The van der Waals surface area contributed by atoms with Crippen molar-refractivity contribution in [1.82, 2.24) is 10.2 Å². The van der Waals surface area contributed by atoms with E-state index in [-0.39, 0.29) is 12.3 Å². The first-order chi connectivity index (χ1) is 10.9. The molecule has 0 saturated carbocycles. The van der Waals surface area contributed by atoms with E-state index in [0.717, 1.165) is 4.90 Å². The monoisotopic (exact) mass is 336 g/mol. The molecular formula is C16H17ClN2O4. The van der Waals surface area contributed by atoms with Crippen molar-refractivity contribution in [2.24, 2.45) is 5.92 Å². The maximum atomic E-state index is 12.3. The summed E-state index contributed by atoms with van der Waals surface area (Å²) in [6, 6.07) is 5.15. The van der Waals surface area contributed by atoms with Gasteiger partial charge in [-0.15, -0.1) is 0 Å². The Balaban J connectivity index is 2.54. The predicted octanol–water partition coefficient (Wildman–Crippen LogP) is 2.65. The molecule has 1 heterocycles. The van der Waals surface area contributed by atoms with E-state index in [2.05, 4.69) is 11.9 Å². The Morgan fingerprint density at radius 3 is 2.48 bits per heavy atom. The molecule has 1 saturated heterocycles. The molecular weight excluding hydrogens is 320 g/mol. The lowest BCUT2D eigenvalue weighted by atomic mass is 9.87. The molecule has 6 nitrogen and oxygen atoms in total. The molecule has 1 aliphatic heterocycles. The minimum atomic E-state index is -0.891. The second kappa shape index (κ2) is 6.83. The third-order valence-corrected chi connectivity index (χ3v) is 3.80. The van der Waals surface area contributed by atoms with Crippen LogP contribution in [0, 0.1) is 5.92 Å². The molecule has 0 aliphatic carbocycles. The van der Waals surface area contributed by atoms with E-state index < -0.39 is 29.9 Å². The van der Waals surface area contributed by atoms with Crippen molar-refractivity contribution in [3.8, 4) is 0 Å². The minimum absolute atomic E-state index is 0.184. The molecule has 1 aromatic rings. The highest BCUT2D eigenvalue weighted by atomic mass is 35.5. The Morgan fingerprint density at radius 1 is 1.35 bits per heavy atom. The van der Waals surface area contributed by atoms with Gasteiger partial charge >= 0.3 is 12.0 Å². The Morgan fingerprint density at radius 2 is 1.96 bits per heavy atom. The summed E-state index contributed by atoms with van der Waals surface area (Å²) in [7, 11) is 0. The zero-order valence-electron chi connectivity index (χ0n) is 12.8. The van der Waals surface area contributed by atoms with Gasteiger partial charge in [-0.2, -0.15) is 0 Å². The van der Waals surface area contributed by atoms with E-state index in [1.54, 1.807) is 31.2 Å². The first-order valence-electron chi connectivity index (χ1n) is 7.08. The molecule has 0 radical (unpaired) electrons. The molecule has 2 unspecified atom stereocenters. The quantitative estimate of drug-likeness (QED) is 0.861. The average Bonchev–Trinajstić information content (AvgIpc) is 2.46. The molecule has 23 heavy (non-hydrogen) atoms. The lowest BCUT2D eigenvalue weighted by molar-refractivity contribution is -0.150. The van der Waals surface area contributed by atoms with Crippen LogP contribution < -0.4 is 5.32 Å². The van der Waals surface area contributed by atoms with Crippen LogP contribution in [0.5, 0.6) is 0 Å². The number of esters is 1. The number of amides is 3. The normalized spacial score (nSPS) is 20.9. The second-order valence-electron chi connectivity index (χ2n) is 5.07. The van der Waals surface area contributed by atoms with Crippen LogP contribution in [0.1, 0.15) is 25.5 Å². The van der Waals surface area contributed by atoms with Crippen molar-refractivity contribution in [2.75, 3.05) is 6.61 Å². The molecule has 2 atom stereocenters. The van der Waals surface area contributed by atoms with Gasteiger partial charge in [0.15, 0.2) is 0 Å². The summed E-state index contributed by atoms with van der Waals surface area (Å²) in [4.78, 5) is 37.5. The zero-order chi connectivity index (χ0) is 17.1. The van der Waals surface area contributed by atoms with Crippen LogP contribution in [0.3, 0.4) is 0 Å². The summed E-state index contributed by atoms with van der Waals surface area (Å²) in [6.45, 7) is 6.87. The van der Waals surface area contributed by atoms with Crippen LogP contribution in [-0.2, 0) is 14.3 Å². The first-order valence-corrected chi connectivity index (χ1v) is 7.46. The number of nitrogens with one attached hydrogen (secondary N) is 1. The van der Waals surface area contributed by atoms with E-state index in [0.29, 0.717) is 10.6 Å². The molecule has 0 spiro atoms. The summed E-state index contributed by atoms with van der Waals surface area (Å²) in [5.74, 6) is -1.93. The number of hydrogen-bond donors (Lipinski definition) is 1. The number of carbonyl (C=O) groups excluding carboxylic acids is 3. The second-order valence-corrected chi connectivity index (χ2v) is 5.51. The number of carbonyl (C=O) groups is 3. The van der Waals surface area contributed by atoms with Crippen LogP contribution in [0.15, 0.2) is 36.5 Å². The van der Waals surface area contributed by atoms with E-state index in [1.807, 2.05) is 0 Å². The molecule has 1 N–H and O–H groups in total. The predicted molar refractivity (Wildman–Crippen MR) is 84.5 cm³/mol. The molecule has 1 aromatic carbocycles. The zero-order valence-corrected chi connectivity index (χ0v) is 13.6.